The van der Waals surface area contributed by atoms with Gasteiger partial charge in [-0.1, -0.05) is 12.8 Å². The number of nitrogen functional groups attached to an aromatic ring is 1. The molecule has 112 valence electrons. The third kappa shape index (κ3) is 2.11. The maximum Gasteiger partial charge on any atom is 0.262 e. The molecule has 5 nitrogen and oxygen atoms in total. The van der Waals surface area contributed by atoms with Gasteiger partial charge in [0.05, 0.1) is 17.1 Å². The Labute approximate surface area is 124 Å². The highest BCUT2D eigenvalue weighted by atomic mass is 16.5. The molecular weight excluding hydrogens is 266 g/mol. The normalized spacial score (nSPS) is 27.6. The lowest BCUT2D eigenvalue weighted by molar-refractivity contribution is -0.118. The Morgan fingerprint density at radius 2 is 2.10 bits per heavy atom. The molecule has 0 bridgehead atoms. The van der Waals surface area contributed by atoms with E-state index in [4.69, 9.17) is 10.5 Å². The van der Waals surface area contributed by atoms with Gasteiger partial charge in [0.25, 0.3) is 5.91 Å². The van der Waals surface area contributed by atoms with Gasteiger partial charge in [0.15, 0.2) is 6.61 Å². The van der Waals surface area contributed by atoms with Gasteiger partial charge >= 0.3 is 0 Å². The SMILES string of the molecule is Nc1cc2c(cc1N1CCC3CCCCC31)NC(=O)CO2. The molecule has 3 N–H and O–H groups in total. The maximum atomic E-state index is 11.5. The summed E-state index contributed by atoms with van der Waals surface area (Å²) in [6.45, 7) is 1.13. The van der Waals surface area contributed by atoms with Crippen molar-refractivity contribution in [2.45, 2.75) is 38.1 Å². The minimum absolute atomic E-state index is 0.0696. The van der Waals surface area contributed by atoms with Crippen LogP contribution in [0.5, 0.6) is 5.75 Å². The molecule has 4 rings (SSSR count). The van der Waals surface area contributed by atoms with Crippen LogP contribution in [0.1, 0.15) is 32.1 Å². The van der Waals surface area contributed by atoms with Crippen LogP contribution in [-0.4, -0.2) is 25.1 Å². The molecule has 1 amide bonds. The molecule has 21 heavy (non-hydrogen) atoms. The Kier molecular flexibility index (Phi) is 2.94. The molecule has 0 spiro atoms. The first-order chi connectivity index (χ1) is 10.2. The van der Waals surface area contributed by atoms with Crippen molar-refractivity contribution in [1.82, 2.24) is 0 Å². The van der Waals surface area contributed by atoms with E-state index in [9.17, 15) is 4.79 Å². The Bertz CT molecular complexity index is 587. The van der Waals surface area contributed by atoms with Crippen molar-refractivity contribution in [3.8, 4) is 5.75 Å². The van der Waals surface area contributed by atoms with Gasteiger partial charge in [0.2, 0.25) is 0 Å². The van der Waals surface area contributed by atoms with Gasteiger partial charge in [-0.15, -0.1) is 0 Å². The van der Waals surface area contributed by atoms with Crippen LogP contribution in [0.15, 0.2) is 12.1 Å². The smallest absolute Gasteiger partial charge is 0.262 e. The highest BCUT2D eigenvalue weighted by Crippen LogP contribution is 2.43. The Hall–Kier alpha value is -1.91. The molecule has 2 fully saturated rings. The zero-order chi connectivity index (χ0) is 14.4. The van der Waals surface area contributed by atoms with E-state index in [1.54, 1.807) is 0 Å². The molecule has 2 aliphatic heterocycles. The molecule has 0 aromatic heterocycles. The molecule has 0 radical (unpaired) electrons. The van der Waals surface area contributed by atoms with Crippen molar-refractivity contribution < 1.29 is 9.53 Å². The average molecular weight is 287 g/mol. The fraction of sp³-hybridized carbons (Fsp3) is 0.562. The molecule has 5 heteroatoms. The zero-order valence-corrected chi connectivity index (χ0v) is 12.1. The second-order valence-corrected chi connectivity index (χ2v) is 6.34. The number of ether oxygens (including phenoxy) is 1. The number of benzene rings is 1. The summed E-state index contributed by atoms with van der Waals surface area (Å²) in [5.74, 6) is 1.38. The highest BCUT2D eigenvalue weighted by Gasteiger charge is 2.36. The topological polar surface area (TPSA) is 67.6 Å². The van der Waals surface area contributed by atoms with Crippen LogP contribution in [0.4, 0.5) is 17.1 Å². The van der Waals surface area contributed by atoms with Crippen LogP contribution in [0, 0.1) is 5.92 Å². The van der Waals surface area contributed by atoms with Crippen molar-refractivity contribution in [2.24, 2.45) is 5.92 Å². The molecule has 1 saturated carbocycles. The first-order valence-corrected chi connectivity index (χ1v) is 7.85. The molecule has 3 aliphatic rings. The number of hydrogen-bond acceptors (Lipinski definition) is 4. The fourth-order valence-electron chi connectivity index (χ4n) is 4.08. The van der Waals surface area contributed by atoms with E-state index in [0.717, 1.165) is 29.5 Å². The maximum absolute atomic E-state index is 11.5. The monoisotopic (exact) mass is 287 g/mol. The standard InChI is InChI=1S/C16H21N3O2/c17-11-7-15-12(18-16(20)9-21-15)8-14(11)19-6-5-10-3-1-2-4-13(10)19/h7-8,10,13H,1-6,9,17H2,(H,18,20). The molecule has 1 aromatic carbocycles. The second kappa shape index (κ2) is 4.83. The van der Waals surface area contributed by atoms with Gasteiger partial charge in [0, 0.05) is 18.7 Å². The van der Waals surface area contributed by atoms with Crippen molar-refractivity contribution in [1.29, 1.82) is 0 Å². The summed E-state index contributed by atoms with van der Waals surface area (Å²) in [5.41, 5.74) is 8.79. The number of carbonyl (C=O) groups is 1. The highest BCUT2D eigenvalue weighted by molar-refractivity contribution is 5.97. The molecule has 2 atom stereocenters. The first kappa shape index (κ1) is 12.8. The van der Waals surface area contributed by atoms with Crippen molar-refractivity contribution in [3.63, 3.8) is 0 Å². The number of nitrogens with one attached hydrogen (secondary N) is 1. The number of anilines is 3. The van der Waals surface area contributed by atoms with Crippen LogP contribution in [0.3, 0.4) is 0 Å². The van der Waals surface area contributed by atoms with Crippen LogP contribution in [-0.2, 0) is 4.79 Å². The predicted octanol–water partition coefficient (Wildman–Crippen LogP) is 2.37. The summed E-state index contributed by atoms with van der Waals surface area (Å²) < 4.78 is 5.43. The van der Waals surface area contributed by atoms with Crippen molar-refractivity contribution in [2.75, 3.05) is 29.1 Å². The lowest BCUT2D eigenvalue weighted by Gasteiger charge is -2.34. The molecule has 1 aromatic rings. The summed E-state index contributed by atoms with van der Waals surface area (Å²) in [7, 11) is 0. The zero-order valence-electron chi connectivity index (χ0n) is 12.1. The minimum Gasteiger partial charge on any atom is -0.482 e. The number of hydrogen-bond donors (Lipinski definition) is 2. The quantitative estimate of drug-likeness (QED) is 0.778. The van der Waals surface area contributed by atoms with Gasteiger partial charge in [-0.3, -0.25) is 4.79 Å². The number of nitrogens with zero attached hydrogens (tertiary/aromatic N) is 1. The Balaban J connectivity index is 1.68. The summed E-state index contributed by atoms with van der Waals surface area (Å²) in [5, 5.41) is 2.88. The van der Waals surface area contributed by atoms with Gasteiger partial charge in [0.1, 0.15) is 5.75 Å². The van der Waals surface area contributed by atoms with Crippen LogP contribution < -0.4 is 20.7 Å². The molecule has 1 aliphatic carbocycles. The van der Waals surface area contributed by atoms with E-state index in [1.807, 2.05) is 12.1 Å². The third-order valence-corrected chi connectivity index (χ3v) is 5.08. The third-order valence-electron chi connectivity index (χ3n) is 5.08. The average Bonchev–Trinajstić information content (AvgIpc) is 2.91. The summed E-state index contributed by atoms with van der Waals surface area (Å²) in [4.78, 5) is 13.9. The van der Waals surface area contributed by atoms with E-state index in [2.05, 4.69) is 10.2 Å². The number of carbonyl (C=O) groups excluding carboxylic acids is 1. The Morgan fingerprint density at radius 3 is 3.00 bits per heavy atom. The van der Waals surface area contributed by atoms with Crippen LogP contribution >= 0.6 is 0 Å². The lowest BCUT2D eigenvalue weighted by Crippen LogP contribution is -2.35. The fourth-order valence-corrected chi connectivity index (χ4v) is 4.08. The summed E-state index contributed by atoms with van der Waals surface area (Å²) in [6, 6.07) is 4.44. The van der Waals surface area contributed by atoms with Crippen LogP contribution in [0.25, 0.3) is 0 Å². The molecule has 2 heterocycles. The predicted molar refractivity (Wildman–Crippen MR) is 82.7 cm³/mol. The molecule has 2 unspecified atom stereocenters. The second-order valence-electron chi connectivity index (χ2n) is 6.34. The Morgan fingerprint density at radius 1 is 1.24 bits per heavy atom. The summed E-state index contributed by atoms with van der Waals surface area (Å²) >= 11 is 0. The number of amides is 1. The van der Waals surface area contributed by atoms with Gasteiger partial charge in [-0.25, -0.2) is 0 Å². The first-order valence-electron chi connectivity index (χ1n) is 7.85. The molecular formula is C16H21N3O2. The number of fused-ring (bicyclic) bond motifs is 2. The molecule has 1 saturated heterocycles. The van der Waals surface area contributed by atoms with Gasteiger partial charge in [-0.05, 0) is 31.2 Å². The van der Waals surface area contributed by atoms with Crippen molar-refractivity contribution in [3.05, 3.63) is 12.1 Å². The number of nitrogens with two attached hydrogens (primary N) is 1. The van der Waals surface area contributed by atoms with E-state index >= 15 is 0 Å². The van der Waals surface area contributed by atoms with Crippen LogP contribution in [0.2, 0.25) is 0 Å². The van der Waals surface area contributed by atoms with Gasteiger partial charge < -0.3 is 20.7 Å². The largest absolute Gasteiger partial charge is 0.482 e. The lowest BCUT2D eigenvalue weighted by atomic mass is 9.85. The van der Waals surface area contributed by atoms with Crippen molar-refractivity contribution >= 4 is 23.0 Å². The van der Waals surface area contributed by atoms with Gasteiger partial charge in [-0.2, -0.15) is 0 Å². The van der Waals surface area contributed by atoms with E-state index in [1.165, 1.54) is 32.1 Å². The minimum atomic E-state index is -0.102. The van der Waals surface area contributed by atoms with E-state index < -0.39 is 0 Å². The summed E-state index contributed by atoms with van der Waals surface area (Å²) in [6.07, 6.45) is 6.51. The van der Waals surface area contributed by atoms with E-state index in [0.29, 0.717) is 11.8 Å². The number of rotatable bonds is 1. The van der Waals surface area contributed by atoms with E-state index in [-0.39, 0.29) is 12.5 Å².